The number of hydrogen-bond acceptors (Lipinski definition) is 6. The molecule has 3 aromatic heterocycles. The predicted octanol–water partition coefficient (Wildman–Crippen LogP) is 4.32. The minimum Gasteiger partial charge on any atom is -0.493 e. The molecule has 0 atom stereocenters. The Morgan fingerprint density at radius 1 is 1.12 bits per heavy atom. The van der Waals surface area contributed by atoms with E-state index in [2.05, 4.69) is 9.97 Å². The Morgan fingerprint density at radius 3 is 2.69 bits per heavy atom. The maximum atomic E-state index is 12.7. The van der Waals surface area contributed by atoms with Crippen LogP contribution in [0, 0.1) is 0 Å². The number of nitrogens with zero attached hydrogens (tertiary/aromatic N) is 1. The molecule has 4 rings (SSSR count). The van der Waals surface area contributed by atoms with E-state index in [1.54, 1.807) is 25.6 Å². The van der Waals surface area contributed by atoms with E-state index in [1.807, 2.05) is 41.1 Å². The highest BCUT2D eigenvalue weighted by Crippen LogP contribution is 2.33. The number of H-pyrrole nitrogens is 1. The van der Waals surface area contributed by atoms with Gasteiger partial charge in [0, 0.05) is 22.2 Å². The van der Waals surface area contributed by atoms with Crippen LogP contribution in [0.25, 0.3) is 20.7 Å². The molecule has 0 spiro atoms. The lowest BCUT2D eigenvalue weighted by Crippen LogP contribution is -2.11. The van der Waals surface area contributed by atoms with Crippen LogP contribution < -0.4 is 15.0 Å². The van der Waals surface area contributed by atoms with Crippen molar-refractivity contribution in [3.63, 3.8) is 0 Å². The molecule has 3 heterocycles. The van der Waals surface area contributed by atoms with Gasteiger partial charge in [0.15, 0.2) is 11.5 Å². The van der Waals surface area contributed by atoms with Crippen molar-refractivity contribution in [3.05, 3.63) is 62.8 Å². The summed E-state index contributed by atoms with van der Waals surface area (Å²) < 4.78 is 10.6. The zero-order valence-corrected chi connectivity index (χ0v) is 15.9. The molecule has 0 bridgehead atoms. The quantitative estimate of drug-likeness (QED) is 0.556. The highest BCUT2D eigenvalue weighted by atomic mass is 32.1. The molecule has 0 aliphatic heterocycles. The number of benzene rings is 1. The van der Waals surface area contributed by atoms with Crippen molar-refractivity contribution >= 4 is 32.9 Å². The van der Waals surface area contributed by atoms with Crippen molar-refractivity contribution in [3.8, 4) is 21.9 Å². The second-order valence-electron chi connectivity index (χ2n) is 5.69. The molecule has 26 heavy (non-hydrogen) atoms. The summed E-state index contributed by atoms with van der Waals surface area (Å²) in [4.78, 5) is 22.1. The van der Waals surface area contributed by atoms with Crippen LogP contribution in [0.1, 0.15) is 11.4 Å². The lowest BCUT2D eigenvalue weighted by molar-refractivity contribution is 0.354. The zero-order valence-electron chi connectivity index (χ0n) is 14.2. The van der Waals surface area contributed by atoms with Crippen LogP contribution in [0.3, 0.4) is 0 Å². The van der Waals surface area contributed by atoms with Gasteiger partial charge in [0.25, 0.3) is 5.56 Å². The summed E-state index contributed by atoms with van der Waals surface area (Å²) >= 11 is 3.11. The Kier molecular flexibility index (Phi) is 4.48. The third kappa shape index (κ3) is 3.00. The lowest BCUT2D eigenvalue weighted by Gasteiger charge is -2.09. The van der Waals surface area contributed by atoms with Crippen molar-refractivity contribution in [2.24, 2.45) is 0 Å². The summed E-state index contributed by atoms with van der Waals surface area (Å²) in [6.45, 7) is 0. The van der Waals surface area contributed by atoms with Gasteiger partial charge in [-0.2, -0.15) is 0 Å². The van der Waals surface area contributed by atoms with E-state index in [4.69, 9.17) is 9.47 Å². The number of ether oxygens (including phenoxy) is 2. The molecule has 0 fully saturated rings. The summed E-state index contributed by atoms with van der Waals surface area (Å²) in [6.07, 6.45) is 0.512. The first-order valence-corrected chi connectivity index (χ1v) is 9.70. The van der Waals surface area contributed by atoms with Crippen LogP contribution in [-0.4, -0.2) is 24.2 Å². The first-order chi connectivity index (χ1) is 12.7. The van der Waals surface area contributed by atoms with E-state index in [9.17, 15) is 4.79 Å². The minimum absolute atomic E-state index is 0.102. The van der Waals surface area contributed by atoms with Gasteiger partial charge in [0.1, 0.15) is 10.7 Å². The van der Waals surface area contributed by atoms with Crippen LogP contribution in [-0.2, 0) is 6.42 Å². The van der Waals surface area contributed by atoms with E-state index < -0.39 is 0 Å². The third-order valence-corrected chi connectivity index (χ3v) is 5.87. The van der Waals surface area contributed by atoms with Crippen LogP contribution in [0.2, 0.25) is 0 Å². The second-order valence-corrected chi connectivity index (χ2v) is 7.49. The Labute approximate surface area is 157 Å². The summed E-state index contributed by atoms with van der Waals surface area (Å²) in [6, 6.07) is 9.69. The molecule has 0 amide bonds. The molecule has 0 radical (unpaired) electrons. The van der Waals surface area contributed by atoms with Crippen molar-refractivity contribution in [1.29, 1.82) is 0 Å². The van der Waals surface area contributed by atoms with Gasteiger partial charge in [-0.25, -0.2) is 4.98 Å². The number of aromatic nitrogens is 2. The predicted molar refractivity (Wildman–Crippen MR) is 106 cm³/mol. The zero-order chi connectivity index (χ0) is 18.1. The average Bonchev–Trinajstić information content (AvgIpc) is 3.31. The fourth-order valence-electron chi connectivity index (χ4n) is 2.87. The Hall–Kier alpha value is -2.64. The van der Waals surface area contributed by atoms with Gasteiger partial charge in [-0.1, -0.05) is 12.1 Å². The van der Waals surface area contributed by atoms with Gasteiger partial charge in [0.05, 0.1) is 19.6 Å². The molecule has 0 saturated heterocycles. The van der Waals surface area contributed by atoms with E-state index in [1.165, 1.54) is 11.3 Å². The summed E-state index contributed by atoms with van der Waals surface area (Å²) in [5.74, 6) is 1.96. The molecular formula is C19H16N2O3S2. The second kappa shape index (κ2) is 6.93. The van der Waals surface area contributed by atoms with Crippen LogP contribution in [0.15, 0.2) is 45.9 Å². The lowest BCUT2D eigenvalue weighted by atomic mass is 10.1. The third-order valence-electron chi connectivity index (χ3n) is 4.10. The molecule has 0 aliphatic carbocycles. The van der Waals surface area contributed by atoms with Crippen molar-refractivity contribution < 1.29 is 9.47 Å². The first kappa shape index (κ1) is 16.8. The van der Waals surface area contributed by atoms with Gasteiger partial charge in [-0.05, 0) is 29.1 Å². The van der Waals surface area contributed by atoms with E-state index in [0.717, 1.165) is 20.8 Å². The fraction of sp³-hybridized carbons (Fsp3) is 0.158. The van der Waals surface area contributed by atoms with Crippen LogP contribution in [0.5, 0.6) is 11.5 Å². The number of thiophene rings is 2. The molecule has 0 unspecified atom stereocenters. The van der Waals surface area contributed by atoms with Gasteiger partial charge < -0.3 is 14.5 Å². The molecule has 132 valence electrons. The van der Waals surface area contributed by atoms with Gasteiger partial charge in [-0.15, -0.1) is 22.7 Å². The molecule has 1 aromatic carbocycles. The normalized spacial score (nSPS) is 11.0. The number of rotatable bonds is 5. The summed E-state index contributed by atoms with van der Waals surface area (Å²) in [5.41, 5.74) is 1.83. The van der Waals surface area contributed by atoms with E-state index in [0.29, 0.717) is 29.1 Å². The molecule has 5 nitrogen and oxygen atoms in total. The SMILES string of the molecule is COc1ccc(Cc2nc3scc(-c4cccs4)c3c(=O)[nH]2)cc1OC. The van der Waals surface area contributed by atoms with Crippen LogP contribution >= 0.6 is 22.7 Å². The molecular weight excluding hydrogens is 368 g/mol. The van der Waals surface area contributed by atoms with Crippen molar-refractivity contribution in [2.75, 3.05) is 14.2 Å². The Balaban J connectivity index is 1.72. The largest absolute Gasteiger partial charge is 0.493 e. The Morgan fingerprint density at radius 2 is 1.96 bits per heavy atom. The maximum absolute atomic E-state index is 12.7. The standard InChI is InChI=1S/C19H16N2O3S2/c1-23-13-6-5-11(8-14(13)24-2)9-16-20-18(22)17-12(10-26-19(17)21-16)15-4-3-7-25-15/h3-8,10H,9H2,1-2H3,(H,20,21,22). The number of hydrogen-bond donors (Lipinski definition) is 1. The maximum Gasteiger partial charge on any atom is 0.260 e. The van der Waals surface area contributed by atoms with E-state index in [-0.39, 0.29) is 5.56 Å². The molecule has 4 aromatic rings. The van der Waals surface area contributed by atoms with Gasteiger partial charge in [0.2, 0.25) is 0 Å². The Bertz CT molecular complexity index is 1110. The first-order valence-electron chi connectivity index (χ1n) is 7.94. The molecule has 0 saturated carbocycles. The average molecular weight is 384 g/mol. The number of fused-ring (bicyclic) bond motifs is 1. The van der Waals surface area contributed by atoms with Gasteiger partial charge in [-0.3, -0.25) is 4.79 Å². The number of nitrogens with one attached hydrogen (secondary N) is 1. The van der Waals surface area contributed by atoms with Gasteiger partial charge >= 0.3 is 0 Å². The van der Waals surface area contributed by atoms with Crippen LogP contribution in [0.4, 0.5) is 0 Å². The topological polar surface area (TPSA) is 64.2 Å². The minimum atomic E-state index is -0.102. The molecule has 7 heteroatoms. The summed E-state index contributed by atoms with van der Waals surface area (Å²) in [7, 11) is 3.21. The molecule has 1 N–H and O–H groups in total. The number of methoxy groups -OCH3 is 2. The number of aromatic amines is 1. The summed E-state index contributed by atoms with van der Waals surface area (Å²) in [5, 5.41) is 4.67. The monoisotopic (exact) mass is 384 g/mol. The van der Waals surface area contributed by atoms with E-state index >= 15 is 0 Å². The fourth-order valence-corrected chi connectivity index (χ4v) is 4.66. The van der Waals surface area contributed by atoms with Crippen molar-refractivity contribution in [2.45, 2.75) is 6.42 Å². The highest BCUT2D eigenvalue weighted by molar-refractivity contribution is 7.18. The highest BCUT2D eigenvalue weighted by Gasteiger charge is 2.14. The smallest absolute Gasteiger partial charge is 0.260 e. The molecule has 0 aliphatic rings. The van der Waals surface area contributed by atoms with Crippen molar-refractivity contribution in [1.82, 2.24) is 9.97 Å².